The lowest BCUT2D eigenvalue weighted by Gasteiger charge is -2.20. The lowest BCUT2D eigenvalue weighted by molar-refractivity contribution is 0.0213. The molecule has 0 saturated carbocycles. The van der Waals surface area contributed by atoms with Crippen molar-refractivity contribution in [2.75, 3.05) is 31.5 Å². The molecule has 168 valence electrons. The van der Waals surface area contributed by atoms with E-state index in [1.165, 1.54) is 0 Å². The second-order valence-corrected chi connectivity index (χ2v) is 15.9. The zero-order valence-electron chi connectivity index (χ0n) is 18.0. The SMILES string of the molecule is C[Si](C)(C)CCOCOc1ccc(Cl)c(Cl)c1[C@H]1CC(=S)N(c2cnn3c2OCC3)C1. The van der Waals surface area contributed by atoms with Crippen LogP contribution in [-0.2, 0) is 11.3 Å². The maximum Gasteiger partial charge on any atom is 0.236 e. The zero-order chi connectivity index (χ0) is 22.2. The first-order valence-corrected chi connectivity index (χ1v) is 15.3. The normalized spacial score (nSPS) is 18.4. The number of anilines is 1. The lowest BCUT2D eigenvalue weighted by Crippen LogP contribution is -2.23. The van der Waals surface area contributed by atoms with Crippen LogP contribution in [0.15, 0.2) is 18.3 Å². The smallest absolute Gasteiger partial charge is 0.236 e. The molecule has 0 amide bonds. The van der Waals surface area contributed by atoms with Gasteiger partial charge >= 0.3 is 0 Å². The standard InChI is InChI=1S/C21H27Cl2N3O3SSi/c1-31(2,3)9-8-27-13-29-17-5-4-15(22)20(23)19(17)14-10-18(30)25(12-14)16-11-24-26-6-7-28-21(16)26/h4-5,11,14H,6-10,12-13H2,1-3H3/t14-/m0/s1. The van der Waals surface area contributed by atoms with Gasteiger partial charge in [-0.1, -0.05) is 55.1 Å². The molecule has 2 aliphatic heterocycles. The Kier molecular flexibility index (Phi) is 6.84. The summed E-state index contributed by atoms with van der Waals surface area (Å²) in [5.41, 5.74) is 1.78. The fourth-order valence-electron chi connectivity index (χ4n) is 3.82. The van der Waals surface area contributed by atoms with Crippen LogP contribution in [0.1, 0.15) is 17.9 Å². The van der Waals surface area contributed by atoms with Crippen molar-refractivity contribution in [3.8, 4) is 11.6 Å². The van der Waals surface area contributed by atoms with Gasteiger partial charge in [-0.15, -0.1) is 0 Å². The first kappa shape index (κ1) is 22.9. The summed E-state index contributed by atoms with van der Waals surface area (Å²) in [4.78, 5) is 2.90. The summed E-state index contributed by atoms with van der Waals surface area (Å²) in [7, 11) is -1.14. The zero-order valence-corrected chi connectivity index (χ0v) is 21.3. The van der Waals surface area contributed by atoms with Gasteiger partial charge in [0, 0.05) is 39.1 Å². The number of thiocarbonyl (C=S) groups is 1. The average Bonchev–Trinajstić information content (AvgIpc) is 3.39. The van der Waals surface area contributed by atoms with Gasteiger partial charge in [0.15, 0.2) is 6.79 Å². The molecule has 1 atom stereocenters. The van der Waals surface area contributed by atoms with Gasteiger partial charge in [-0.2, -0.15) is 5.10 Å². The van der Waals surface area contributed by atoms with Gasteiger partial charge in [0.1, 0.15) is 18.0 Å². The van der Waals surface area contributed by atoms with Gasteiger partial charge in [-0.3, -0.25) is 0 Å². The number of nitrogens with zero attached hydrogens (tertiary/aromatic N) is 3. The van der Waals surface area contributed by atoms with Crippen molar-refractivity contribution in [3.63, 3.8) is 0 Å². The maximum absolute atomic E-state index is 6.64. The van der Waals surface area contributed by atoms with E-state index in [0.717, 1.165) is 34.7 Å². The van der Waals surface area contributed by atoms with Gasteiger partial charge < -0.3 is 19.1 Å². The van der Waals surface area contributed by atoms with E-state index in [9.17, 15) is 0 Å². The number of ether oxygens (including phenoxy) is 3. The third kappa shape index (κ3) is 5.03. The van der Waals surface area contributed by atoms with Gasteiger partial charge in [0.25, 0.3) is 0 Å². The third-order valence-corrected chi connectivity index (χ3v) is 8.44. The molecule has 0 radical (unpaired) electrons. The molecule has 1 fully saturated rings. The highest BCUT2D eigenvalue weighted by molar-refractivity contribution is 7.80. The molecule has 0 N–H and O–H groups in total. The number of benzene rings is 1. The number of hydrogen-bond acceptors (Lipinski definition) is 5. The van der Waals surface area contributed by atoms with E-state index >= 15 is 0 Å². The van der Waals surface area contributed by atoms with E-state index in [1.807, 2.05) is 16.9 Å². The van der Waals surface area contributed by atoms with Gasteiger partial charge in [0.05, 0.1) is 27.8 Å². The van der Waals surface area contributed by atoms with Crippen molar-refractivity contribution in [2.45, 2.75) is 44.6 Å². The quantitative estimate of drug-likeness (QED) is 0.204. The van der Waals surface area contributed by atoms with Crippen LogP contribution in [0, 0.1) is 0 Å². The highest BCUT2D eigenvalue weighted by Gasteiger charge is 2.36. The van der Waals surface area contributed by atoms with Crippen molar-refractivity contribution in [1.29, 1.82) is 0 Å². The Morgan fingerprint density at radius 3 is 2.87 bits per heavy atom. The van der Waals surface area contributed by atoms with Crippen molar-refractivity contribution < 1.29 is 14.2 Å². The molecule has 1 aromatic carbocycles. The molecule has 31 heavy (non-hydrogen) atoms. The topological polar surface area (TPSA) is 48.8 Å². The van der Waals surface area contributed by atoms with Crippen molar-refractivity contribution >= 4 is 54.2 Å². The van der Waals surface area contributed by atoms with Crippen molar-refractivity contribution in [3.05, 3.63) is 33.9 Å². The molecule has 10 heteroatoms. The number of fused-ring (bicyclic) bond motifs is 1. The third-order valence-electron chi connectivity index (χ3n) is 5.53. The first-order chi connectivity index (χ1) is 14.7. The molecule has 0 spiro atoms. The fourth-order valence-corrected chi connectivity index (χ4v) is 5.42. The predicted octanol–water partition coefficient (Wildman–Crippen LogP) is 5.59. The van der Waals surface area contributed by atoms with E-state index in [1.54, 1.807) is 6.07 Å². The summed E-state index contributed by atoms with van der Waals surface area (Å²) in [6, 6.07) is 4.71. The van der Waals surface area contributed by atoms with E-state index in [4.69, 9.17) is 49.6 Å². The Labute approximate surface area is 199 Å². The number of rotatable bonds is 8. The molecule has 0 aliphatic carbocycles. The van der Waals surface area contributed by atoms with Crippen LogP contribution in [0.2, 0.25) is 35.7 Å². The minimum atomic E-state index is -1.14. The van der Waals surface area contributed by atoms with E-state index in [2.05, 4.69) is 29.6 Å². The average molecular weight is 501 g/mol. The monoisotopic (exact) mass is 499 g/mol. The van der Waals surface area contributed by atoms with Crippen LogP contribution in [0.3, 0.4) is 0 Å². The van der Waals surface area contributed by atoms with Crippen LogP contribution < -0.4 is 14.4 Å². The van der Waals surface area contributed by atoms with Crippen LogP contribution in [0.5, 0.6) is 11.6 Å². The summed E-state index contributed by atoms with van der Waals surface area (Å²) in [5.74, 6) is 1.51. The van der Waals surface area contributed by atoms with Crippen LogP contribution in [0.4, 0.5) is 5.69 Å². The largest absolute Gasteiger partial charge is 0.474 e. The molecule has 0 bridgehead atoms. The molecule has 1 saturated heterocycles. The Morgan fingerprint density at radius 1 is 1.29 bits per heavy atom. The lowest BCUT2D eigenvalue weighted by atomic mass is 9.97. The van der Waals surface area contributed by atoms with Gasteiger partial charge in [0.2, 0.25) is 5.88 Å². The van der Waals surface area contributed by atoms with Crippen molar-refractivity contribution in [2.24, 2.45) is 0 Å². The molecule has 3 heterocycles. The molecule has 2 aliphatic rings. The highest BCUT2D eigenvalue weighted by Crippen LogP contribution is 2.45. The Hall–Kier alpha value is -1.32. The van der Waals surface area contributed by atoms with Gasteiger partial charge in [-0.25, -0.2) is 4.68 Å². The summed E-state index contributed by atoms with van der Waals surface area (Å²) in [5, 5.41) is 5.41. The number of hydrogen-bond donors (Lipinski definition) is 0. The van der Waals surface area contributed by atoms with E-state index in [-0.39, 0.29) is 12.7 Å². The van der Waals surface area contributed by atoms with Crippen LogP contribution >= 0.6 is 35.4 Å². The second-order valence-electron chi connectivity index (χ2n) is 9.07. The van der Waals surface area contributed by atoms with Crippen LogP contribution in [-0.4, -0.2) is 49.4 Å². The fraction of sp³-hybridized carbons (Fsp3) is 0.524. The van der Waals surface area contributed by atoms with Crippen molar-refractivity contribution in [1.82, 2.24) is 9.78 Å². The van der Waals surface area contributed by atoms with Gasteiger partial charge in [-0.05, 0) is 18.2 Å². The summed E-state index contributed by atoms with van der Waals surface area (Å²) >= 11 is 18.7. The summed E-state index contributed by atoms with van der Waals surface area (Å²) < 4.78 is 19.3. The molecule has 2 aromatic rings. The van der Waals surface area contributed by atoms with E-state index in [0.29, 0.717) is 42.0 Å². The summed E-state index contributed by atoms with van der Waals surface area (Å²) in [6.07, 6.45) is 2.49. The predicted molar refractivity (Wildman–Crippen MR) is 131 cm³/mol. The number of halogens is 2. The maximum atomic E-state index is 6.64. The minimum Gasteiger partial charge on any atom is -0.474 e. The molecule has 6 nitrogen and oxygen atoms in total. The number of aromatic nitrogens is 2. The Bertz CT molecular complexity index is 980. The highest BCUT2D eigenvalue weighted by atomic mass is 35.5. The van der Waals surface area contributed by atoms with E-state index < -0.39 is 8.07 Å². The molecule has 1 aromatic heterocycles. The molecule has 4 rings (SSSR count). The molecule has 0 unspecified atom stereocenters. The first-order valence-electron chi connectivity index (χ1n) is 10.4. The second kappa shape index (κ2) is 9.27. The van der Waals surface area contributed by atoms with Crippen LogP contribution in [0.25, 0.3) is 0 Å². The Balaban J connectivity index is 1.49. The molecular weight excluding hydrogens is 473 g/mol. The minimum absolute atomic E-state index is 0.0487. The molecular formula is C21H27Cl2N3O3SSi. The summed E-state index contributed by atoms with van der Waals surface area (Å²) in [6.45, 7) is 9.90. The Morgan fingerprint density at radius 2 is 2.10 bits per heavy atom.